The summed E-state index contributed by atoms with van der Waals surface area (Å²) in [5.74, 6) is 0.581. The zero-order valence-electron chi connectivity index (χ0n) is 23.3. The van der Waals surface area contributed by atoms with E-state index in [-0.39, 0.29) is 27.8 Å². The maximum absolute atomic E-state index is 13.5. The van der Waals surface area contributed by atoms with Crippen molar-refractivity contribution >= 4 is 35.2 Å². The van der Waals surface area contributed by atoms with E-state index in [1.165, 1.54) is 18.5 Å². The highest BCUT2D eigenvalue weighted by atomic mass is 35.5. The van der Waals surface area contributed by atoms with E-state index in [4.69, 9.17) is 38.0 Å². The summed E-state index contributed by atoms with van der Waals surface area (Å²) in [6.07, 6.45) is 9.78. The second-order valence-corrected chi connectivity index (χ2v) is 12.9. The zero-order valence-corrected chi connectivity index (χ0v) is 24.8. The fraction of sp³-hybridized carbons (Fsp3) is 0.387. The van der Waals surface area contributed by atoms with Crippen molar-refractivity contribution in [1.29, 1.82) is 0 Å². The van der Waals surface area contributed by atoms with Crippen LogP contribution in [0.25, 0.3) is 28.7 Å². The van der Waals surface area contributed by atoms with Crippen molar-refractivity contribution in [3.05, 3.63) is 75.1 Å². The predicted octanol–water partition coefficient (Wildman–Crippen LogP) is 8.39. The molecule has 4 saturated carbocycles. The highest BCUT2D eigenvalue weighted by Crippen LogP contribution is 2.58. The van der Waals surface area contributed by atoms with E-state index < -0.39 is 17.6 Å². The third-order valence-electron chi connectivity index (χ3n) is 9.38. The number of fused-ring (bicyclic) bond motifs is 3. The smallest absolute Gasteiger partial charge is 0.366 e. The minimum atomic E-state index is -4.67. The molecular weight excluding hydrogens is 618 g/mol. The van der Waals surface area contributed by atoms with Crippen molar-refractivity contribution in [3.63, 3.8) is 0 Å². The second-order valence-electron chi connectivity index (χ2n) is 12.1. The van der Waals surface area contributed by atoms with Gasteiger partial charge in [0.05, 0.1) is 15.6 Å². The Bertz CT molecular complexity index is 1770. The number of hydrogen-bond acceptors (Lipinski definition) is 7. The van der Waals surface area contributed by atoms with Crippen LogP contribution in [0.5, 0.6) is 0 Å². The lowest BCUT2D eigenvalue weighted by atomic mass is 9.53. The Morgan fingerprint density at radius 3 is 2.27 bits per heavy atom. The normalized spacial score (nSPS) is 23.5. The number of alkyl halides is 3. The van der Waals surface area contributed by atoms with Gasteiger partial charge >= 0.3 is 6.18 Å². The summed E-state index contributed by atoms with van der Waals surface area (Å²) < 4.78 is 52.0. The zero-order chi connectivity index (χ0) is 30.9. The highest BCUT2D eigenvalue weighted by molar-refractivity contribution is 6.39. The quantitative estimate of drug-likeness (QED) is 0.215. The third-order valence-corrected chi connectivity index (χ3v) is 9.96. The van der Waals surface area contributed by atoms with Crippen LogP contribution in [0, 0.1) is 5.41 Å². The number of halogens is 5. The molecule has 0 unspecified atom stereocenters. The molecule has 44 heavy (non-hydrogen) atoms. The molecular formula is C31H26Cl2F3N5O3. The maximum Gasteiger partial charge on any atom is 0.416 e. The molecule has 3 aromatic heterocycles. The van der Waals surface area contributed by atoms with E-state index in [1.54, 1.807) is 0 Å². The third kappa shape index (κ3) is 5.09. The van der Waals surface area contributed by atoms with Gasteiger partial charge in [-0.15, -0.1) is 0 Å². The molecule has 4 fully saturated rings. The summed E-state index contributed by atoms with van der Waals surface area (Å²) in [5.41, 5.74) is 5.69. The topological polar surface area (TPSA) is 121 Å². The van der Waals surface area contributed by atoms with Gasteiger partial charge in [0.25, 0.3) is 0 Å². The van der Waals surface area contributed by atoms with Crippen molar-refractivity contribution < 1.29 is 27.0 Å². The predicted molar refractivity (Wildman–Crippen MR) is 156 cm³/mol. The Labute approximate surface area is 259 Å². The molecule has 1 aromatic carbocycles. The summed E-state index contributed by atoms with van der Waals surface area (Å²) in [6, 6.07) is 2.87. The van der Waals surface area contributed by atoms with Gasteiger partial charge in [-0.1, -0.05) is 45.7 Å². The van der Waals surface area contributed by atoms with E-state index in [1.807, 2.05) is 0 Å². The number of carbonyl (C=O) groups excluding carboxylic acids is 1. The monoisotopic (exact) mass is 643 g/mol. The van der Waals surface area contributed by atoms with Crippen LogP contribution in [0.15, 0.2) is 45.7 Å². The van der Waals surface area contributed by atoms with Gasteiger partial charge in [0.2, 0.25) is 17.6 Å². The Balaban J connectivity index is 1.14. The van der Waals surface area contributed by atoms with E-state index in [0.29, 0.717) is 33.1 Å². The molecule has 1 amide bonds. The first-order chi connectivity index (χ1) is 21.0. The lowest BCUT2D eigenvalue weighted by molar-refractivity contribution is -0.137. The first-order valence-electron chi connectivity index (χ1n) is 14.3. The van der Waals surface area contributed by atoms with Crippen LogP contribution >= 0.6 is 23.2 Å². The van der Waals surface area contributed by atoms with Crippen LogP contribution in [-0.2, 0) is 11.6 Å². The summed E-state index contributed by atoms with van der Waals surface area (Å²) in [6.45, 7) is 0. The molecule has 2 bridgehead atoms. The van der Waals surface area contributed by atoms with Crippen LogP contribution in [0.3, 0.4) is 0 Å². The minimum absolute atomic E-state index is 0.00805. The summed E-state index contributed by atoms with van der Waals surface area (Å²) in [5, 5.41) is 9.17. The molecule has 0 saturated heterocycles. The summed E-state index contributed by atoms with van der Waals surface area (Å²) in [7, 11) is 0. The van der Waals surface area contributed by atoms with Gasteiger partial charge < -0.3 is 14.8 Å². The van der Waals surface area contributed by atoms with Crippen molar-refractivity contribution in [2.24, 2.45) is 11.1 Å². The van der Waals surface area contributed by atoms with Gasteiger partial charge in [0.1, 0.15) is 11.5 Å². The van der Waals surface area contributed by atoms with Gasteiger partial charge in [0, 0.05) is 46.0 Å². The number of nitrogens with zero attached hydrogens (tertiary/aromatic N) is 4. The minimum Gasteiger partial charge on any atom is -0.366 e. The molecule has 2 N–H and O–H groups in total. The van der Waals surface area contributed by atoms with Crippen LogP contribution in [0.2, 0.25) is 10.0 Å². The van der Waals surface area contributed by atoms with Gasteiger partial charge in [-0.25, -0.2) is 0 Å². The number of hydrogen-bond donors (Lipinski definition) is 1. The SMILES string of the molecule is NC(=O)c1cc(-c2noc(C34CCC(/C=C/c5c(-c6c(Cl)cncc6Cl)noc5C5CC5)(CC3)CC4)n2)cc(C(F)(F)F)c1. The largest absolute Gasteiger partial charge is 0.416 e. The Morgan fingerprint density at radius 2 is 1.66 bits per heavy atom. The number of aromatic nitrogens is 4. The average molecular weight is 644 g/mol. The van der Waals surface area contributed by atoms with Gasteiger partial charge in [-0.05, 0) is 75.0 Å². The lowest BCUT2D eigenvalue weighted by Gasteiger charge is -2.50. The van der Waals surface area contributed by atoms with Crippen LogP contribution < -0.4 is 5.73 Å². The van der Waals surface area contributed by atoms with Crippen LogP contribution in [0.1, 0.15) is 90.4 Å². The molecule has 228 valence electrons. The van der Waals surface area contributed by atoms with E-state index in [9.17, 15) is 18.0 Å². The average Bonchev–Trinajstić information content (AvgIpc) is 3.56. The van der Waals surface area contributed by atoms with E-state index >= 15 is 0 Å². The number of carbonyl (C=O) groups is 1. The number of primary amides is 1. The Morgan fingerprint density at radius 1 is 0.977 bits per heavy atom. The van der Waals surface area contributed by atoms with Crippen LogP contribution in [0.4, 0.5) is 13.2 Å². The Kier molecular flexibility index (Phi) is 6.89. The molecule has 8 nitrogen and oxygen atoms in total. The number of benzene rings is 1. The molecule has 4 aromatic rings. The summed E-state index contributed by atoms with van der Waals surface area (Å²) in [4.78, 5) is 20.3. The number of rotatable bonds is 7. The van der Waals surface area contributed by atoms with Crippen LogP contribution in [-0.4, -0.2) is 26.2 Å². The second kappa shape index (κ2) is 10.4. The maximum atomic E-state index is 13.5. The number of pyridine rings is 1. The number of allylic oxidation sites excluding steroid dienone is 1. The molecule has 8 rings (SSSR count). The molecule has 0 radical (unpaired) electrons. The number of amides is 1. The molecule has 3 heterocycles. The Hall–Kier alpha value is -3.70. The van der Waals surface area contributed by atoms with Crippen molar-refractivity contribution in [1.82, 2.24) is 20.3 Å². The highest BCUT2D eigenvalue weighted by Gasteiger charge is 2.51. The number of nitrogens with two attached hydrogens (primary N) is 1. The standard InChI is InChI=1S/C31H26Cl2F3N5O3/c32-21-14-38-15-22(33)23(21)24-20(25(43-40-24)16-1-2-16)3-4-29-5-8-30(9-6-29,10-7-29)28-39-27(41-44-28)18-11-17(26(37)42)12-19(13-18)31(34,35)36/h3-4,11-16H,1-2,5-10H2,(H2,37,42)/b4-3+. The molecule has 4 aliphatic rings. The molecule has 0 aliphatic heterocycles. The summed E-state index contributed by atoms with van der Waals surface area (Å²) >= 11 is 12.9. The van der Waals surface area contributed by atoms with Gasteiger partial charge in [-0.3, -0.25) is 9.78 Å². The fourth-order valence-electron chi connectivity index (χ4n) is 6.59. The first kappa shape index (κ1) is 29.0. The fourth-order valence-corrected chi connectivity index (χ4v) is 7.14. The molecule has 0 spiro atoms. The van der Waals surface area contributed by atoms with Crippen molar-refractivity contribution in [2.75, 3.05) is 0 Å². The molecule has 4 aliphatic carbocycles. The van der Waals surface area contributed by atoms with E-state index in [2.05, 4.69) is 32.4 Å². The van der Waals surface area contributed by atoms with E-state index in [0.717, 1.165) is 74.8 Å². The first-order valence-corrected chi connectivity index (χ1v) is 15.1. The lowest BCUT2D eigenvalue weighted by Crippen LogP contribution is -2.43. The van der Waals surface area contributed by atoms with Gasteiger partial charge in [-0.2, -0.15) is 18.2 Å². The van der Waals surface area contributed by atoms with Gasteiger partial charge in [0.15, 0.2) is 0 Å². The van der Waals surface area contributed by atoms with Crippen molar-refractivity contribution in [2.45, 2.75) is 68.9 Å². The molecule has 13 heteroatoms. The van der Waals surface area contributed by atoms with Crippen molar-refractivity contribution in [3.8, 4) is 22.6 Å². The molecule has 0 atom stereocenters.